The molecule has 1 saturated heterocycles. The molecule has 2 rings (SSSR count). The molecule has 1 aliphatic rings. The molecule has 1 atom stereocenters. The van der Waals surface area contributed by atoms with Crippen molar-refractivity contribution in [2.75, 3.05) is 30.3 Å². The molecular formula is C13H20N2O. The first-order valence-electron chi connectivity index (χ1n) is 5.74. The van der Waals surface area contributed by atoms with Crippen LogP contribution in [0.2, 0.25) is 0 Å². The number of anilines is 2. The van der Waals surface area contributed by atoms with Crippen LogP contribution < -0.4 is 10.6 Å². The lowest BCUT2D eigenvalue weighted by molar-refractivity contribution is 0.161. The molecule has 1 unspecified atom stereocenters. The zero-order valence-corrected chi connectivity index (χ0v) is 9.98. The standard InChI is InChI=1S/C13H20N2O/c1-13(2)9-15(7-10(13)8-16)12-5-3-11(14)4-6-12/h3-6,10,16H,7-9,14H2,1-2H3. The van der Waals surface area contributed by atoms with Crippen LogP contribution in [0.4, 0.5) is 11.4 Å². The Morgan fingerprint density at radius 2 is 2.00 bits per heavy atom. The fourth-order valence-corrected chi connectivity index (χ4v) is 2.39. The second-order valence-electron chi connectivity index (χ2n) is 5.34. The molecule has 0 spiro atoms. The summed E-state index contributed by atoms with van der Waals surface area (Å²) in [5.74, 6) is 0.352. The predicted octanol–water partition coefficient (Wildman–Crippen LogP) is 1.72. The molecule has 0 radical (unpaired) electrons. The van der Waals surface area contributed by atoms with Crippen molar-refractivity contribution in [3.8, 4) is 0 Å². The lowest BCUT2D eigenvalue weighted by atomic mass is 9.83. The van der Waals surface area contributed by atoms with Crippen molar-refractivity contribution in [1.29, 1.82) is 0 Å². The Bertz CT molecular complexity index is 359. The van der Waals surface area contributed by atoms with Crippen LogP contribution >= 0.6 is 0 Å². The highest BCUT2D eigenvalue weighted by atomic mass is 16.3. The number of hydrogen-bond acceptors (Lipinski definition) is 3. The van der Waals surface area contributed by atoms with E-state index in [-0.39, 0.29) is 12.0 Å². The van der Waals surface area contributed by atoms with Crippen LogP contribution in [0.25, 0.3) is 0 Å². The maximum absolute atomic E-state index is 9.36. The summed E-state index contributed by atoms with van der Waals surface area (Å²) in [6.45, 7) is 6.60. The Morgan fingerprint density at radius 3 is 2.50 bits per heavy atom. The van der Waals surface area contributed by atoms with Gasteiger partial charge in [-0.3, -0.25) is 0 Å². The van der Waals surface area contributed by atoms with E-state index in [0.717, 1.165) is 18.8 Å². The zero-order valence-electron chi connectivity index (χ0n) is 9.98. The minimum absolute atomic E-state index is 0.177. The summed E-state index contributed by atoms with van der Waals surface area (Å²) in [4.78, 5) is 2.32. The molecule has 1 aromatic rings. The number of benzene rings is 1. The summed E-state index contributed by atoms with van der Waals surface area (Å²) in [5.41, 5.74) is 7.84. The largest absolute Gasteiger partial charge is 0.399 e. The van der Waals surface area contributed by atoms with E-state index in [1.54, 1.807) is 0 Å². The van der Waals surface area contributed by atoms with Crippen molar-refractivity contribution < 1.29 is 5.11 Å². The van der Waals surface area contributed by atoms with E-state index in [1.165, 1.54) is 5.69 Å². The zero-order chi connectivity index (χ0) is 11.8. The quantitative estimate of drug-likeness (QED) is 0.746. The van der Waals surface area contributed by atoms with E-state index < -0.39 is 0 Å². The first kappa shape index (κ1) is 11.3. The maximum Gasteiger partial charge on any atom is 0.0481 e. The highest BCUT2D eigenvalue weighted by Gasteiger charge is 2.38. The molecule has 16 heavy (non-hydrogen) atoms. The molecule has 3 heteroatoms. The normalized spacial score (nSPS) is 23.7. The van der Waals surface area contributed by atoms with Gasteiger partial charge < -0.3 is 15.7 Å². The summed E-state index contributed by atoms with van der Waals surface area (Å²) in [7, 11) is 0. The number of nitrogen functional groups attached to an aromatic ring is 1. The molecule has 3 nitrogen and oxygen atoms in total. The van der Waals surface area contributed by atoms with Crippen molar-refractivity contribution in [3.63, 3.8) is 0 Å². The molecule has 1 heterocycles. The summed E-state index contributed by atoms with van der Waals surface area (Å²) >= 11 is 0. The van der Waals surface area contributed by atoms with Crippen LogP contribution in [0.15, 0.2) is 24.3 Å². The molecule has 0 aliphatic carbocycles. The van der Waals surface area contributed by atoms with Gasteiger partial charge in [-0.15, -0.1) is 0 Å². The summed E-state index contributed by atoms with van der Waals surface area (Å²) in [6.07, 6.45) is 0. The van der Waals surface area contributed by atoms with Gasteiger partial charge >= 0.3 is 0 Å². The van der Waals surface area contributed by atoms with E-state index in [9.17, 15) is 5.11 Å². The second-order valence-corrected chi connectivity index (χ2v) is 5.34. The third-order valence-electron chi connectivity index (χ3n) is 3.62. The maximum atomic E-state index is 9.36. The molecular weight excluding hydrogens is 200 g/mol. The lowest BCUT2D eigenvalue weighted by Gasteiger charge is -2.23. The Balaban J connectivity index is 2.16. The van der Waals surface area contributed by atoms with E-state index in [4.69, 9.17) is 5.73 Å². The molecule has 1 aliphatic heterocycles. The monoisotopic (exact) mass is 220 g/mol. The third kappa shape index (κ3) is 2.00. The van der Waals surface area contributed by atoms with Crippen molar-refractivity contribution in [1.82, 2.24) is 0 Å². The Kier molecular flexibility index (Phi) is 2.80. The Morgan fingerprint density at radius 1 is 1.38 bits per heavy atom. The highest BCUT2D eigenvalue weighted by molar-refractivity contribution is 5.54. The van der Waals surface area contributed by atoms with Gasteiger partial charge in [0.15, 0.2) is 0 Å². The average molecular weight is 220 g/mol. The molecule has 0 aromatic heterocycles. The van der Waals surface area contributed by atoms with E-state index >= 15 is 0 Å². The van der Waals surface area contributed by atoms with Gasteiger partial charge in [-0.1, -0.05) is 13.8 Å². The molecule has 0 amide bonds. The number of rotatable bonds is 2. The van der Waals surface area contributed by atoms with Crippen molar-refractivity contribution in [3.05, 3.63) is 24.3 Å². The molecule has 0 saturated carbocycles. The first-order chi connectivity index (χ1) is 7.53. The first-order valence-corrected chi connectivity index (χ1v) is 5.74. The number of aliphatic hydroxyl groups excluding tert-OH is 1. The van der Waals surface area contributed by atoms with Crippen LogP contribution in [-0.2, 0) is 0 Å². The van der Waals surface area contributed by atoms with Gasteiger partial charge in [0, 0.05) is 37.0 Å². The number of hydrogen-bond donors (Lipinski definition) is 2. The summed E-state index contributed by atoms with van der Waals surface area (Å²) < 4.78 is 0. The highest BCUT2D eigenvalue weighted by Crippen LogP contribution is 2.37. The van der Waals surface area contributed by atoms with Crippen LogP contribution in [-0.4, -0.2) is 24.8 Å². The fraction of sp³-hybridized carbons (Fsp3) is 0.538. The van der Waals surface area contributed by atoms with Gasteiger partial charge in [-0.2, -0.15) is 0 Å². The molecule has 1 aromatic carbocycles. The minimum atomic E-state index is 0.177. The van der Waals surface area contributed by atoms with Gasteiger partial charge in [-0.05, 0) is 29.7 Å². The molecule has 1 fully saturated rings. The van der Waals surface area contributed by atoms with Crippen LogP contribution in [0.3, 0.4) is 0 Å². The minimum Gasteiger partial charge on any atom is -0.399 e. The van der Waals surface area contributed by atoms with Gasteiger partial charge in [0.1, 0.15) is 0 Å². The average Bonchev–Trinajstić information content (AvgIpc) is 2.54. The number of nitrogens with two attached hydrogens (primary N) is 1. The van der Waals surface area contributed by atoms with E-state index in [1.807, 2.05) is 24.3 Å². The fourth-order valence-electron chi connectivity index (χ4n) is 2.39. The third-order valence-corrected chi connectivity index (χ3v) is 3.62. The van der Waals surface area contributed by atoms with Crippen LogP contribution in [0, 0.1) is 11.3 Å². The Labute approximate surface area is 96.9 Å². The SMILES string of the molecule is CC1(C)CN(c2ccc(N)cc2)CC1CO. The Hall–Kier alpha value is -1.22. The van der Waals surface area contributed by atoms with Gasteiger partial charge in [0.25, 0.3) is 0 Å². The number of aliphatic hydroxyl groups is 1. The number of nitrogens with zero attached hydrogens (tertiary/aromatic N) is 1. The molecule has 3 N–H and O–H groups in total. The molecule has 0 bridgehead atoms. The van der Waals surface area contributed by atoms with Gasteiger partial charge in [0.05, 0.1) is 0 Å². The van der Waals surface area contributed by atoms with Crippen molar-refractivity contribution >= 4 is 11.4 Å². The lowest BCUT2D eigenvalue weighted by Crippen LogP contribution is -2.25. The van der Waals surface area contributed by atoms with E-state index in [2.05, 4.69) is 18.7 Å². The summed E-state index contributed by atoms with van der Waals surface area (Å²) in [5, 5.41) is 9.36. The van der Waals surface area contributed by atoms with Crippen LogP contribution in [0.1, 0.15) is 13.8 Å². The molecule has 88 valence electrons. The smallest absolute Gasteiger partial charge is 0.0481 e. The second kappa shape index (κ2) is 3.98. The predicted molar refractivity (Wildman–Crippen MR) is 67.4 cm³/mol. The van der Waals surface area contributed by atoms with Gasteiger partial charge in [-0.25, -0.2) is 0 Å². The van der Waals surface area contributed by atoms with Crippen molar-refractivity contribution in [2.24, 2.45) is 11.3 Å². The van der Waals surface area contributed by atoms with Gasteiger partial charge in [0.2, 0.25) is 0 Å². The van der Waals surface area contributed by atoms with Crippen molar-refractivity contribution in [2.45, 2.75) is 13.8 Å². The topological polar surface area (TPSA) is 49.5 Å². The van der Waals surface area contributed by atoms with Crippen LogP contribution in [0.5, 0.6) is 0 Å². The summed E-state index contributed by atoms with van der Waals surface area (Å²) in [6, 6.07) is 7.94. The van der Waals surface area contributed by atoms with E-state index in [0.29, 0.717) is 5.92 Å².